The molecule has 784 valence electrons. The third-order valence-corrected chi connectivity index (χ3v) is 27.2. The molecule has 0 radical (unpaired) electrons. The van der Waals surface area contributed by atoms with Gasteiger partial charge in [0, 0.05) is 72.8 Å². The van der Waals surface area contributed by atoms with Crippen LogP contribution in [0.15, 0.2) is 225 Å². The number of H-pyrrole nitrogens is 1. The number of benzene rings is 8. The molecular weight excluding hydrogens is 2040 g/mol. The summed E-state index contributed by atoms with van der Waals surface area (Å²) in [6.07, 6.45) is 13.9. The first kappa shape index (κ1) is 115. The molecule has 2 fully saturated rings. The maximum atomic E-state index is 13.0. The SMILES string of the molecule is CC(C)(C)OC(=O)N[C@H]1CCc2ccc(B3OC(C)(C)C(C)(C)O3)cc2NC1=O.CC(C)(C)OC(=O)N[C@H]1CCc2ccc(Br)cc2NC1=O.CC1(C)OB(c2ccc3c(c2)NC(=O)[C@@H](NC(=O)C2=CC(Cc4ccccc4)=NC2)CC3)OC1(C)C.N[C@H]1CCc2ccc(Br)cc2NC1=O.O=BC#CO.O=C(N[C@H]1CCc2ccc(B(O)O)cc2NC1=O)C1=C[N+](Cc2ccccc2)=CC1.O=C(O)c1cc(Cc2ccccc2)[nH]n1. The average molecular weight is 2170 g/mol. The van der Waals surface area contributed by atoms with Crippen LogP contribution in [0.3, 0.4) is 0 Å². The van der Waals surface area contributed by atoms with Crippen LogP contribution in [0.25, 0.3) is 0 Å². The fourth-order valence-corrected chi connectivity index (χ4v) is 17.4. The van der Waals surface area contributed by atoms with Gasteiger partial charge in [-0.05, 0) is 271 Å². The maximum Gasteiger partial charge on any atom is 0.488 e. The van der Waals surface area contributed by atoms with E-state index < -0.39 is 97.3 Å². The number of carboxylic acids is 1. The second-order valence-electron chi connectivity index (χ2n) is 41.1. The van der Waals surface area contributed by atoms with E-state index in [9.17, 15) is 58.0 Å². The predicted molar refractivity (Wildman–Crippen MR) is 582 cm³/mol. The van der Waals surface area contributed by atoms with Gasteiger partial charge in [-0.1, -0.05) is 171 Å². The molecule has 10 heterocycles. The number of nitrogens with one attached hydrogen (secondary N) is 10. The molecule has 41 heteroatoms. The number of anilines is 5. The van der Waals surface area contributed by atoms with Crippen LogP contribution in [-0.2, 0) is 118 Å². The molecule has 8 aromatic carbocycles. The molecule has 0 aliphatic carbocycles. The maximum absolute atomic E-state index is 13.0. The van der Waals surface area contributed by atoms with Gasteiger partial charge in [0.2, 0.25) is 35.4 Å². The zero-order valence-corrected chi connectivity index (χ0v) is 89.5. The molecule has 2 saturated heterocycles. The minimum atomic E-state index is -1.60. The summed E-state index contributed by atoms with van der Waals surface area (Å²) in [5.41, 5.74) is 19.9. The molecule has 9 amide bonds. The van der Waals surface area contributed by atoms with Crippen molar-refractivity contribution in [1.82, 2.24) is 31.5 Å². The van der Waals surface area contributed by atoms with Crippen LogP contribution >= 0.6 is 31.9 Å². The number of nitrogens with zero attached hydrogens (tertiary/aromatic N) is 3. The summed E-state index contributed by atoms with van der Waals surface area (Å²) in [7, 11) is -2.29. The largest absolute Gasteiger partial charge is 0.488 e. The molecule has 9 aliphatic rings. The number of allylic oxidation sites excluding steroid dienone is 1. The average Bonchev–Trinajstić information content (AvgIpc) is 1.62. The number of hydrogen-bond donors (Lipinski definition) is 15. The summed E-state index contributed by atoms with van der Waals surface area (Å²) < 4.78 is 47.9. The molecule has 16 N–H and O–H groups in total. The van der Waals surface area contributed by atoms with Gasteiger partial charge in [0.15, 0.2) is 18.4 Å². The van der Waals surface area contributed by atoms with Crippen LogP contribution in [0.4, 0.5) is 38.0 Å². The van der Waals surface area contributed by atoms with Crippen LogP contribution in [0.1, 0.15) is 196 Å². The number of carbonyl (C=O) groups is 10. The number of aromatic carboxylic acids is 1. The van der Waals surface area contributed by atoms with Gasteiger partial charge in [-0.15, -0.1) is 0 Å². The Morgan fingerprint density at radius 1 is 0.507 bits per heavy atom. The zero-order chi connectivity index (χ0) is 109. The van der Waals surface area contributed by atoms with Gasteiger partial charge in [-0.2, -0.15) is 5.10 Å². The number of alkyl carbamates (subject to hydrolysis) is 2. The Bertz CT molecular complexity index is 6630. The number of aromatic amines is 1. The number of rotatable bonds is 16. The number of carboxylic acid groups (broad SMARTS) is 1. The minimum absolute atomic E-state index is 0.0564. The van der Waals surface area contributed by atoms with Crippen molar-refractivity contribution in [1.29, 1.82) is 0 Å². The Kier molecular flexibility index (Phi) is 39.2. The van der Waals surface area contributed by atoms with Crippen LogP contribution < -0.4 is 70.0 Å². The van der Waals surface area contributed by atoms with Gasteiger partial charge >= 0.3 is 68.4 Å². The van der Waals surface area contributed by atoms with E-state index in [0.29, 0.717) is 120 Å². The third-order valence-electron chi connectivity index (χ3n) is 26.2. The van der Waals surface area contributed by atoms with Gasteiger partial charge in [-0.3, -0.25) is 43.7 Å². The Morgan fingerprint density at radius 3 is 1.29 bits per heavy atom. The Labute approximate surface area is 890 Å². The number of aromatic nitrogens is 2. The molecule has 0 saturated carbocycles. The normalized spacial score (nSPS) is 19.0. The fourth-order valence-electron chi connectivity index (χ4n) is 16.7. The van der Waals surface area contributed by atoms with E-state index in [-0.39, 0.29) is 53.1 Å². The summed E-state index contributed by atoms with van der Waals surface area (Å²) in [4.78, 5) is 127. The number of aliphatic imine (C=N–C) groups is 1. The van der Waals surface area contributed by atoms with Crippen LogP contribution in [0.2, 0.25) is 0 Å². The van der Waals surface area contributed by atoms with E-state index >= 15 is 0 Å². The van der Waals surface area contributed by atoms with E-state index in [0.717, 1.165) is 105 Å². The van der Waals surface area contributed by atoms with E-state index in [1.165, 1.54) is 6.11 Å². The van der Waals surface area contributed by atoms with Gasteiger partial charge in [0.05, 0.1) is 47.0 Å². The fraction of sp³-hybridized carbons (Fsp3) is 0.367. The topological polar surface area (TPSA) is 502 Å². The molecule has 150 heavy (non-hydrogen) atoms. The molecule has 9 aliphatic heterocycles. The Morgan fingerprint density at radius 2 is 0.887 bits per heavy atom. The number of aryl methyl sites for hydroxylation is 5. The number of nitrogens with two attached hydrogens (primary N) is 1. The number of fused-ring (bicyclic) bond motifs is 5. The van der Waals surface area contributed by atoms with E-state index in [2.05, 4.69) is 94.9 Å². The minimum Gasteiger partial charge on any atom is -0.476 e. The smallest absolute Gasteiger partial charge is 0.476 e. The number of carbonyl (C=O) groups excluding carboxylic acids is 9. The first-order valence-electron chi connectivity index (χ1n) is 49.4. The summed E-state index contributed by atoms with van der Waals surface area (Å²) in [5, 5.41) is 66.7. The molecule has 35 nitrogen and oxygen atoms in total. The van der Waals surface area contributed by atoms with E-state index in [1.54, 1.807) is 71.6 Å². The predicted octanol–water partition coefficient (Wildman–Crippen LogP) is 12.0. The molecular formula is C109H127B4Br2N14O21+. The first-order valence-corrected chi connectivity index (χ1v) is 51.0. The van der Waals surface area contributed by atoms with Crippen LogP contribution in [-0.4, -0.2) is 205 Å². The van der Waals surface area contributed by atoms with Crippen molar-refractivity contribution in [3.63, 3.8) is 0 Å². The zero-order valence-electron chi connectivity index (χ0n) is 86.3. The summed E-state index contributed by atoms with van der Waals surface area (Å²) >= 11 is 6.75. The van der Waals surface area contributed by atoms with Crippen molar-refractivity contribution in [2.75, 3.05) is 33.1 Å². The van der Waals surface area contributed by atoms with Gasteiger partial charge in [0.25, 0.3) is 5.91 Å². The van der Waals surface area contributed by atoms with Crippen LogP contribution in [0, 0.1) is 11.9 Å². The number of halogens is 2. The first-order chi connectivity index (χ1) is 70.9. The number of amides is 9. The molecule has 5 atom stereocenters. The van der Waals surface area contributed by atoms with E-state index in [1.807, 2.05) is 242 Å². The summed E-state index contributed by atoms with van der Waals surface area (Å²) in [5.74, 6) is -0.886. The summed E-state index contributed by atoms with van der Waals surface area (Å²) in [6, 6.07) is 56.8. The van der Waals surface area contributed by atoms with E-state index in [4.69, 9.17) is 48.7 Å². The molecule has 0 bridgehead atoms. The number of ether oxygens (including phenoxy) is 2. The second-order valence-corrected chi connectivity index (χ2v) is 42.9. The third kappa shape index (κ3) is 32.9. The molecule has 1 aromatic heterocycles. The Balaban J connectivity index is 0.000000162. The van der Waals surface area contributed by atoms with Crippen molar-refractivity contribution in [2.24, 2.45) is 10.7 Å². The van der Waals surface area contributed by atoms with Crippen molar-refractivity contribution in [3.05, 3.63) is 276 Å². The van der Waals surface area contributed by atoms with Gasteiger partial charge < -0.3 is 96.8 Å². The summed E-state index contributed by atoms with van der Waals surface area (Å²) in [6.45, 7) is 27.8. The quantitative estimate of drug-likeness (QED) is 0.0243. The molecule has 9 aromatic rings. The number of aliphatic hydroxyl groups is 1. The molecule has 0 spiro atoms. The van der Waals surface area contributed by atoms with Crippen molar-refractivity contribution in [2.45, 2.75) is 251 Å². The molecule has 18 rings (SSSR count). The van der Waals surface area contributed by atoms with Crippen molar-refractivity contribution in [3.8, 4) is 11.9 Å². The van der Waals surface area contributed by atoms with Crippen LogP contribution in [0.5, 0.6) is 0 Å². The number of aliphatic hydroxyl groups excluding tert-OH is 1. The van der Waals surface area contributed by atoms with Gasteiger partial charge in [-0.25, -0.2) is 19.0 Å². The standard InChI is InChI=1S/C28H32BN3O4.C22H22BN3O4.C21H31BN2O5.C15H19BrN2O3.C11H10N2O2.C10H11BrN2O.C2HBO2/c1-27(2)28(3,4)36-29(35-27)21-12-10-19-11-13-23(26(34)32-24(19)16-21)31-25(33)20-15-22(30-17-20)14-18-8-6-5-7-9-18;27-21(17-10-11-26(14-17)13-15-4-2-1-3-5-15)24-19-9-7-16-6-8-18(23(29)30)12-20(16)25-22(19)28;1-19(2,3)27-18(26)24-15-11-9-13-8-10-14(12-16(13)23-17(15)25)22-28-20(4,5)21(6,7)29-22;1-15(2,3)21-14(20)18-11-7-5-9-4-6-10(16)8-12(9)17-13(11)19;14-11(15)10-7-9(12-13-10)6-8-4-2-1-3-5-8;11-7-3-1-6-2-4-8(12)10(14)13-9(6)5-7;4-2-1-3-5/h5-10,12,15-16,23H,11,13-14,17H2,1-4H3,(H,31,33)(H,32,34);1-6,8,11-12,14,19,29-30H,7,9-10,13H2,(H-,24,25,27,28);8,10,12,15H,9,11H2,1-7H3,(H,23,25)(H,24,26);4,6,8,11H,5,7H2,1-3H3,(H,17,19)(H,18,20);1-5,7H,6H2,(H,12,13)(H,14,15);1,3,5,8H,2,4,12H2,(H,13,14);4H/p+1/t23-;19-;15-;11-;;8-;/m0000.0./s1. The second kappa shape index (κ2) is 51.1. The van der Waals surface area contributed by atoms with Crippen molar-refractivity contribution >= 4 is 177 Å². The van der Waals surface area contributed by atoms with Crippen molar-refractivity contribution < 1.29 is 106 Å². The monoisotopic (exact) mass is 2170 g/mol. The number of hydrogen-bond acceptors (Lipinski definition) is 23. The van der Waals surface area contributed by atoms with Gasteiger partial charge in [0.1, 0.15) is 41.6 Å². The molecule has 0 unspecified atom stereocenters. The Hall–Kier alpha value is -13.8.